The summed E-state index contributed by atoms with van der Waals surface area (Å²) in [7, 11) is -0.590. The molecule has 0 fully saturated rings. The van der Waals surface area contributed by atoms with Gasteiger partial charge in [-0.1, -0.05) is 50.2 Å². The van der Waals surface area contributed by atoms with Gasteiger partial charge in [0.05, 0.1) is 10.9 Å². The molecule has 0 spiro atoms. The maximum Gasteiger partial charge on any atom is 0.0695 e. The van der Waals surface area contributed by atoms with E-state index in [0.717, 1.165) is 17.0 Å². The van der Waals surface area contributed by atoms with Crippen molar-refractivity contribution in [3.63, 3.8) is 0 Å². The van der Waals surface area contributed by atoms with Crippen molar-refractivity contribution < 1.29 is 0 Å². The normalized spacial score (nSPS) is 11.1. The van der Waals surface area contributed by atoms with Gasteiger partial charge >= 0.3 is 0 Å². The first kappa shape index (κ1) is 15.8. The van der Waals surface area contributed by atoms with Gasteiger partial charge in [0, 0.05) is 26.5 Å². The molecule has 116 valence electrons. The van der Waals surface area contributed by atoms with Crippen molar-refractivity contribution in [1.29, 1.82) is 0 Å². The van der Waals surface area contributed by atoms with Crippen LogP contribution in [0.5, 0.6) is 0 Å². The van der Waals surface area contributed by atoms with E-state index in [0.29, 0.717) is 5.92 Å². The molecule has 0 aliphatic carbocycles. The molecule has 3 aromatic rings. The quantitative estimate of drug-likeness (QED) is 0.657. The van der Waals surface area contributed by atoms with Crippen molar-refractivity contribution >= 4 is 18.8 Å². The Balaban J connectivity index is 2.01. The molecule has 0 atom stereocenters. The fraction of sp³-hybridized carbons (Fsp3) is 0.200. The lowest BCUT2D eigenvalue weighted by molar-refractivity contribution is 0.854. The largest absolute Gasteiger partial charge is 0.256 e. The van der Waals surface area contributed by atoms with Crippen LogP contribution in [0.4, 0.5) is 0 Å². The molecule has 1 aromatic carbocycles. The molecule has 0 aliphatic rings. The molecule has 0 aliphatic heterocycles. The minimum atomic E-state index is -0.590. The molecule has 0 saturated heterocycles. The summed E-state index contributed by atoms with van der Waals surface area (Å²) in [5.74, 6) is 0.524. The summed E-state index contributed by atoms with van der Waals surface area (Å²) in [6.45, 7) is 4.51. The van der Waals surface area contributed by atoms with E-state index >= 15 is 0 Å². The van der Waals surface area contributed by atoms with Crippen LogP contribution < -0.4 is 10.9 Å². The monoisotopic (exact) mass is 320 g/mol. The highest BCUT2D eigenvalue weighted by atomic mass is 31.1. The zero-order valence-corrected chi connectivity index (χ0v) is 14.4. The zero-order chi connectivity index (χ0) is 16.1. The van der Waals surface area contributed by atoms with Crippen molar-refractivity contribution in [3.05, 3.63) is 84.2 Å². The van der Waals surface area contributed by atoms with Crippen LogP contribution in [-0.2, 0) is 6.16 Å². The molecule has 0 radical (unpaired) electrons. The number of hydrogen-bond donors (Lipinski definition) is 0. The minimum absolute atomic E-state index is 0.524. The number of aromatic nitrogens is 2. The Kier molecular flexibility index (Phi) is 5.15. The average Bonchev–Trinajstić information content (AvgIpc) is 2.61. The van der Waals surface area contributed by atoms with Crippen molar-refractivity contribution in [2.45, 2.75) is 25.9 Å². The second kappa shape index (κ2) is 7.48. The highest BCUT2D eigenvalue weighted by molar-refractivity contribution is 7.71. The molecule has 2 heterocycles. The summed E-state index contributed by atoms with van der Waals surface area (Å²) < 4.78 is 0. The number of pyridine rings is 2. The van der Waals surface area contributed by atoms with E-state index in [1.165, 1.54) is 11.1 Å². The Hall–Kier alpha value is -2.05. The Labute approximate surface area is 139 Å². The van der Waals surface area contributed by atoms with Crippen LogP contribution in [0.3, 0.4) is 0 Å². The molecule has 0 bridgehead atoms. The predicted molar refractivity (Wildman–Crippen MR) is 98.9 cm³/mol. The maximum atomic E-state index is 4.61. The predicted octanol–water partition coefficient (Wildman–Crippen LogP) is 4.23. The van der Waals surface area contributed by atoms with E-state index in [-0.39, 0.29) is 0 Å². The smallest absolute Gasteiger partial charge is 0.0695 e. The zero-order valence-electron chi connectivity index (χ0n) is 13.6. The first-order chi connectivity index (χ1) is 11.3. The molecule has 0 unspecified atom stereocenters. The molecule has 2 nitrogen and oxygen atoms in total. The van der Waals surface area contributed by atoms with Gasteiger partial charge in [-0.15, -0.1) is 0 Å². The SMILES string of the molecule is CC(C)c1ccccc1CP(c1ccccn1)c1ccccn1. The third-order valence-corrected chi connectivity index (χ3v) is 6.15. The minimum Gasteiger partial charge on any atom is -0.256 e. The topological polar surface area (TPSA) is 25.8 Å². The number of hydrogen-bond acceptors (Lipinski definition) is 2. The van der Waals surface area contributed by atoms with Crippen LogP contribution in [0, 0.1) is 0 Å². The lowest BCUT2D eigenvalue weighted by Crippen LogP contribution is -2.18. The molecule has 3 heteroatoms. The maximum absolute atomic E-state index is 4.61. The van der Waals surface area contributed by atoms with Crippen LogP contribution in [0.1, 0.15) is 30.9 Å². The Morgan fingerprint density at radius 1 is 0.783 bits per heavy atom. The van der Waals surface area contributed by atoms with Crippen molar-refractivity contribution in [2.24, 2.45) is 0 Å². The summed E-state index contributed by atoms with van der Waals surface area (Å²) in [6, 6.07) is 21.1. The van der Waals surface area contributed by atoms with Crippen molar-refractivity contribution in [1.82, 2.24) is 9.97 Å². The summed E-state index contributed by atoms with van der Waals surface area (Å²) in [4.78, 5) is 9.23. The Morgan fingerprint density at radius 3 is 1.87 bits per heavy atom. The molecular formula is C20H21N2P. The highest BCUT2D eigenvalue weighted by Gasteiger charge is 2.19. The molecule has 0 saturated carbocycles. The van der Waals surface area contributed by atoms with Crippen LogP contribution in [0.2, 0.25) is 0 Å². The molecule has 2 aromatic heterocycles. The van der Waals surface area contributed by atoms with Crippen LogP contribution in [0.25, 0.3) is 0 Å². The summed E-state index contributed by atoms with van der Waals surface area (Å²) in [5, 5.41) is 0. The second-order valence-corrected chi connectivity index (χ2v) is 7.90. The van der Waals surface area contributed by atoms with E-state index < -0.39 is 7.92 Å². The number of benzene rings is 1. The average molecular weight is 320 g/mol. The Morgan fingerprint density at radius 2 is 1.35 bits per heavy atom. The van der Waals surface area contributed by atoms with Gasteiger partial charge in [-0.2, -0.15) is 0 Å². The standard InChI is InChI=1S/C20H21N2P/c1-16(2)18-10-4-3-9-17(18)15-23(19-11-5-7-13-21-19)20-12-6-8-14-22-20/h3-14,16H,15H2,1-2H3. The molecule has 3 rings (SSSR count). The van der Waals surface area contributed by atoms with Gasteiger partial charge in [0.25, 0.3) is 0 Å². The first-order valence-corrected chi connectivity index (χ1v) is 9.46. The summed E-state index contributed by atoms with van der Waals surface area (Å²) in [6.07, 6.45) is 4.74. The second-order valence-electron chi connectivity index (χ2n) is 5.82. The van der Waals surface area contributed by atoms with Gasteiger partial charge in [-0.05, 0) is 41.3 Å². The number of rotatable bonds is 5. The van der Waals surface area contributed by atoms with Gasteiger partial charge in [-0.25, -0.2) is 0 Å². The van der Waals surface area contributed by atoms with E-state index in [4.69, 9.17) is 0 Å². The van der Waals surface area contributed by atoms with E-state index in [1.807, 2.05) is 24.5 Å². The molecular weight excluding hydrogens is 299 g/mol. The fourth-order valence-electron chi connectivity index (χ4n) is 2.72. The highest BCUT2D eigenvalue weighted by Crippen LogP contribution is 2.38. The molecule has 0 N–H and O–H groups in total. The molecule has 23 heavy (non-hydrogen) atoms. The van der Waals surface area contributed by atoms with Crippen molar-refractivity contribution in [2.75, 3.05) is 0 Å². The first-order valence-electron chi connectivity index (χ1n) is 7.93. The van der Waals surface area contributed by atoms with Gasteiger partial charge in [-0.3, -0.25) is 9.97 Å². The fourth-order valence-corrected chi connectivity index (χ4v) is 4.85. The van der Waals surface area contributed by atoms with Gasteiger partial charge in [0.2, 0.25) is 0 Å². The van der Waals surface area contributed by atoms with Crippen LogP contribution >= 0.6 is 7.92 Å². The Bertz CT molecular complexity index is 702. The van der Waals surface area contributed by atoms with Gasteiger partial charge < -0.3 is 0 Å². The third kappa shape index (κ3) is 3.83. The summed E-state index contributed by atoms with van der Waals surface area (Å²) >= 11 is 0. The third-order valence-electron chi connectivity index (χ3n) is 3.86. The lowest BCUT2D eigenvalue weighted by Gasteiger charge is -2.19. The van der Waals surface area contributed by atoms with Crippen LogP contribution in [0.15, 0.2) is 73.1 Å². The van der Waals surface area contributed by atoms with Gasteiger partial charge in [0.1, 0.15) is 0 Å². The lowest BCUT2D eigenvalue weighted by atomic mass is 9.98. The van der Waals surface area contributed by atoms with Crippen molar-refractivity contribution in [3.8, 4) is 0 Å². The van der Waals surface area contributed by atoms with E-state index in [9.17, 15) is 0 Å². The van der Waals surface area contributed by atoms with E-state index in [1.54, 1.807) is 0 Å². The summed E-state index contributed by atoms with van der Waals surface area (Å²) in [5.41, 5.74) is 5.11. The molecule has 0 amide bonds. The van der Waals surface area contributed by atoms with E-state index in [2.05, 4.69) is 72.3 Å². The number of nitrogens with zero attached hydrogens (tertiary/aromatic N) is 2. The van der Waals surface area contributed by atoms with Gasteiger partial charge in [0.15, 0.2) is 0 Å². The van der Waals surface area contributed by atoms with Crippen LogP contribution in [-0.4, -0.2) is 9.97 Å².